The van der Waals surface area contributed by atoms with Gasteiger partial charge in [0.2, 0.25) is 0 Å². The van der Waals surface area contributed by atoms with Crippen molar-refractivity contribution < 1.29 is 14.6 Å². The van der Waals surface area contributed by atoms with E-state index in [1.165, 1.54) is 52.1 Å². The van der Waals surface area contributed by atoms with Gasteiger partial charge in [0, 0.05) is 25.6 Å². The zero-order chi connectivity index (χ0) is 24.7. The molecule has 4 unspecified atom stereocenters. The summed E-state index contributed by atoms with van der Waals surface area (Å²) in [5.74, 6) is 3.74. The van der Waals surface area contributed by atoms with Crippen LogP contribution >= 0.6 is 0 Å². The summed E-state index contributed by atoms with van der Waals surface area (Å²) >= 11 is 0. The van der Waals surface area contributed by atoms with Crippen LogP contribution in [0.3, 0.4) is 0 Å². The summed E-state index contributed by atoms with van der Waals surface area (Å²) in [6.07, 6.45) is 11.3. The van der Waals surface area contributed by atoms with Crippen molar-refractivity contribution in [1.29, 1.82) is 0 Å². The van der Waals surface area contributed by atoms with Crippen molar-refractivity contribution in [2.75, 3.05) is 34.3 Å². The van der Waals surface area contributed by atoms with Crippen molar-refractivity contribution in [2.45, 2.75) is 97.1 Å². The zero-order valence-corrected chi connectivity index (χ0v) is 22.8. The maximum Gasteiger partial charge on any atom is 0.305 e. The number of aliphatic hydroxyl groups excluding tert-OH is 1. The van der Waals surface area contributed by atoms with Crippen LogP contribution in [0.1, 0.15) is 85.0 Å². The summed E-state index contributed by atoms with van der Waals surface area (Å²) in [4.78, 5) is 14.0. The average molecular weight is 477 g/mol. The number of esters is 1. The second-order valence-electron chi connectivity index (χ2n) is 13.3. The minimum Gasteiger partial charge on any atom is -0.469 e. The second-order valence-corrected chi connectivity index (χ2v) is 13.3. The van der Waals surface area contributed by atoms with Gasteiger partial charge in [-0.3, -0.25) is 4.79 Å². The molecule has 0 aromatic carbocycles. The number of hydrogen-bond donors (Lipinski definition) is 2. The van der Waals surface area contributed by atoms with Gasteiger partial charge < -0.3 is 20.1 Å². The number of carbonyl (C=O) groups excluding carboxylic acids is 1. The summed E-state index contributed by atoms with van der Waals surface area (Å²) in [5, 5.41) is 15.6. The summed E-state index contributed by atoms with van der Waals surface area (Å²) in [5.41, 5.74) is 0.393. The van der Waals surface area contributed by atoms with Crippen LogP contribution in [0.15, 0.2) is 0 Å². The molecule has 5 nitrogen and oxygen atoms in total. The third-order valence-electron chi connectivity index (χ3n) is 11.6. The maximum atomic E-state index is 11.7. The third kappa shape index (κ3) is 4.70. The average Bonchev–Trinajstić information content (AvgIpc) is 3.16. The highest BCUT2D eigenvalue weighted by molar-refractivity contribution is 5.69. The van der Waals surface area contributed by atoms with E-state index < -0.39 is 0 Å². The molecule has 0 spiro atoms. The summed E-state index contributed by atoms with van der Waals surface area (Å²) in [6, 6.07) is 0.667. The highest BCUT2D eigenvalue weighted by Crippen LogP contribution is 2.68. The highest BCUT2D eigenvalue weighted by atomic mass is 16.5. The summed E-state index contributed by atoms with van der Waals surface area (Å²) < 4.78 is 4.89. The van der Waals surface area contributed by atoms with E-state index >= 15 is 0 Å². The van der Waals surface area contributed by atoms with E-state index in [2.05, 4.69) is 45.1 Å². The van der Waals surface area contributed by atoms with Crippen molar-refractivity contribution >= 4 is 5.97 Å². The predicted octanol–water partition coefficient (Wildman–Crippen LogP) is 4.73. The van der Waals surface area contributed by atoms with Gasteiger partial charge >= 0.3 is 5.97 Å². The normalized spacial score (nSPS) is 44.8. The molecule has 0 radical (unpaired) electrons. The zero-order valence-electron chi connectivity index (χ0n) is 22.8. The number of fused-ring (bicyclic) bond motifs is 5. The lowest BCUT2D eigenvalue weighted by molar-refractivity contribution is -0.170. The first kappa shape index (κ1) is 26.4. The largest absolute Gasteiger partial charge is 0.469 e. The number of nitrogens with zero attached hydrogens (tertiary/aromatic N) is 1. The van der Waals surface area contributed by atoms with Crippen LogP contribution in [0.2, 0.25) is 0 Å². The first-order valence-electron chi connectivity index (χ1n) is 14.2. The molecule has 0 amide bonds. The molecular formula is C29H52N2O3. The van der Waals surface area contributed by atoms with Gasteiger partial charge in [0.05, 0.1) is 13.2 Å². The predicted molar refractivity (Wildman–Crippen MR) is 137 cm³/mol. The monoisotopic (exact) mass is 476 g/mol. The Balaban J connectivity index is 1.43. The van der Waals surface area contributed by atoms with Crippen LogP contribution in [-0.4, -0.2) is 62.4 Å². The minimum atomic E-state index is -0.210. The Bertz CT molecular complexity index is 713. The van der Waals surface area contributed by atoms with E-state index in [-0.39, 0.29) is 17.5 Å². The maximum absolute atomic E-state index is 11.7. The van der Waals surface area contributed by atoms with Crippen molar-refractivity contribution in [3.8, 4) is 0 Å². The Kier molecular flexibility index (Phi) is 8.06. The number of hydrogen-bond acceptors (Lipinski definition) is 5. The Morgan fingerprint density at radius 2 is 1.88 bits per heavy atom. The van der Waals surface area contributed by atoms with Crippen LogP contribution < -0.4 is 5.32 Å². The summed E-state index contributed by atoms with van der Waals surface area (Å²) in [6.45, 7) is 9.50. The molecule has 4 fully saturated rings. The Morgan fingerprint density at radius 3 is 2.59 bits per heavy atom. The van der Waals surface area contributed by atoms with Crippen molar-refractivity contribution in [3.05, 3.63) is 0 Å². The van der Waals surface area contributed by atoms with Gasteiger partial charge in [-0.1, -0.05) is 20.8 Å². The van der Waals surface area contributed by atoms with Gasteiger partial charge in [0.15, 0.2) is 0 Å². The van der Waals surface area contributed by atoms with Gasteiger partial charge in [-0.15, -0.1) is 0 Å². The van der Waals surface area contributed by atoms with Gasteiger partial charge in [0.25, 0.3) is 0 Å². The fourth-order valence-electron chi connectivity index (χ4n) is 9.51. The van der Waals surface area contributed by atoms with E-state index in [0.29, 0.717) is 41.5 Å². The SMILES string of the molecule is COC(=O)CC[C@@H](C)[C@H]1CCC2C3CC[C@@H]4CC(NCCN(C)C)CC[C@]4(C)C3C[C@H](O)[C@@]21C. The fourth-order valence-corrected chi connectivity index (χ4v) is 9.51. The molecule has 0 aliphatic heterocycles. The van der Waals surface area contributed by atoms with Gasteiger partial charge in [-0.25, -0.2) is 0 Å². The number of aliphatic hydroxyl groups is 1. The number of carbonyl (C=O) groups is 1. The first-order chi connectivity index (χ1) is 16.1. The number of ether oxygens (including phenoxy) is 1. The second kappa shape index (κ2) is 10.4. The highest BCUT2D eigenvalue weighted by Gasteiger charge is 2.63. The number of rotatable bonds is 8. The van der Waals surface area contributed by atoms with E-state index in [9.17, 15) is 9.90 Å². The summed E-state index contributed by atoms with van der Waals surface area (Å²) in [7, 11) is 5.78. The molecule has 0 aromatic rings. The molecule has 4 aliphatic carbocycles. The molecule has 0 aromatic heterocycles. The van der Waals surface area contributed by atoms with Crippen LogP contribution in [-0.2, 0) is 9.53 Å². The van der Waals surface area contributed by atoms with E-state index in [0.717, 1.165) is 37.8 Å². The fraction of sp³-hybridized carbons (Fsp3) is 0.966. The van der Waals surface area contributed by atoms with Crippen molar-refractivity contribution in [1.82, 2.24) is 10.2 Å². The third-order valence-corrected chi connectivity index (χ3v) is 11.6. The molecule has 4 aliphatic rings. The quantitative estimate of drug-likeness (QED) is 0.496. The standard InChI is InChI=1S/C29H52N2O3/c1-19(7-12-27(33)34-6)23-10-11-24-22-9-8-20-17-21(30-15-16-31(4)5)13-14-28(20,2)25(22)18-26(32)29(23,24)3/h19-26,30,32H,7-18H2,1-6H3/t19-,20-,21?,22?,23-,24?,25?,26+,28+,29-/m1/s1. The van der Waals surface area contributed by atoms with E-state index in [1.807, 2.05) is 0 Å². The van der Waals surface area contributed by atoms with Crippen LogP contribution in [0.4, 0.5) is 0 Å². The first-order valence-corrected chi connectivity index (χ1v) is 14.2. The molecule has 0 heterocycles. The molecular weight excluding hydrogens is 424 g/mol. The molecule has 5 heteroatoms. The number of likely N-dealkylation sites (N-methyl/N-ethyl adjacent to an activating group) is 1. The molecule has 34 heavy (non-hydrogen) atoms. The minimum absolute atomic E-state index is 0.00480. The molecule has 0 saturated heterocycles. The van der Waals surface area contributed by atoms with E-state index in [1.54, 1.807) is 0 Å². The molecule has 10 atom stereocenters. The lowest BCUT2D eigenvalue weighted by Gasteiger charge is -2.62. The molecule has 2 N–H and O–H groups in total. The molecule has 0 bridgehead atoms. The van der Waals surface area contributed by atoms with Gasteiger partial charge in [0.1, 0.15) is 0 Å². The van der Waals surface area contributed by atoms with Crippen LogP contribution in [0.5, 0.6) is 0 Å². The van der Waals surface area contributed by atoms with Crippen LogP contribution in [0, 0.1) is 46.3 Å². The molecule has 196 valence electrons. The van der Waals surface area contributed by atoms with Crippen molar-refractivity contribution in [2.24, 2.45) is 46.3 Å². The smallest absolute Gasteiger partial charge is 0.305 e. The Morgan fingerprint density at radius 1 is 1.12 bits per heavy atom. The Labute approximate surface area is 208 Å². The lowest BCUT2D eigenvalue weighted by atomic mass is 9.43. The van der Waals surface area contributed by atoms with E-state index in [4.69, 9.17) is 4.74 Å². The van der Waals surface area contributed by atoms with Gasteiger partial charge in [-0.2, -0.15) is 0 Å². The van der Waals surface area contributed by atoms with Crippen LogP contribution in [0.25, 0.3) is 0 Å². The Hall–Kier alpha value is -0.650. The van der Waals surface area contributed by atoms with Gasteiger partial charge in [-0.05, 0) is 118 Å². The molecule has 4 saturated carbocycles. The molecule has 4 rings (SSSR count). The lowest BCUT2D eigenvalue weighted by Crippen LogP contribution is -2.59. The topological polar surface area (TPSA) is 61.8 Å². The number of methoxy groups -OCH3 is 1. The number of nitrogens with one attached hydrogen (secondary N) is 1. The van der Waals surface area contributed by atoms with Crippen molar-refractivity contribution in [3.63, 3.8) is 0 Å².